The van der Waals surface area contributed by atoms with Crippen molar-refractivity contribution in [2.75, 3.05) is 6.61 Å². The number of benzene rings is 1. The summed E-state index contributed by atoms with van der Waals surface area (Å²) < 4.78 is 7.32. The molecule has 2 aliphatic rings. The van der Waals surface area contributed by atoms with Gasteiger partial charge in [0.1, 0.15) is 0 Å². The second kappa shape index (κ2) is 8.08. The SMILES string of the molecule is CCOC(=O)C1=C(C)NC2=C(C(=O)CC(C)(C)C2)[C@@H]1c1c(C)nn(-c2ccccc2)c1C. The van der Waals surface area contributed by atoms with E-state index in [1.165, 1.54) is 0 Å². The molecule has 1 atom stereocenters. The lowest BCUT2D eigenvalue weighted by Crippen LogP contribution is -2.39. The molecule has 32 heavy (non-hydrogen) atoms. The Labute approximate surface area is 189 Å². The van der Waals surface area contributed by atoms with Crippen molar-refractivity contribution >= 4 is 11.8 Å². The number of ether oxygens (including phenoxy) is 1. The number of hydrogen-bond acceptors (Lipinski definition) is 5. The molecule has 0 radical (unpaired) electrons. The Bertz CT molecular complexity index is 1150. The molecule has 1 aliphatic carbocycles. The number of aromatic nitrogens is 2. The fraction of sp³-hybridized carbons (Fsp3) is 0.423. The van der Waals surface area contributed by atoms with E-state index in [4.69, 9.17) is 9.84 Å². The lowest BCUT2D eigenvalue weighted by atomic mass is 9.68. The molecular weight excluding hydrogens is 402 g/mol. The fourth-order valence-electron chi connectivity index (χ4n) is 5.10. The molecule has 0 saturated carbocycles. The molecule has 1 aromatic heterocycles. The van der Waals surface area contributed by atoms with Crippen molar-refractivity contribution in [2.45, 2.75) is 60.3 Å². The number of rotatable bonds is 4. The minimum absolute atomic E-state index is 0.0781. The van der Waals surface area contributed by atoms with Crippen molar-refractivity contribution in [3.63, 3.8) is 0 Å². The van der Waals surface area contributed by atoms with Crippen LogP contribution in [0, 0.1) is 19.3 Å². The predicted molar refractivity (Wildman–Crippen MR) is 123 cm³/mol. The number of nitrogens with one attached hydrogen (secondary N) is 1. The van der Waals surface area contributed by atoms with Gasteiger partial charge >= 0.3 is 5.97 Å². The summed E-state index contributed by atoms with van der Waals surface area (Å²) in [6.45, 7) is 12.1. The summed E-state index contributed by atoms with van der Waals surface area (Å²) in [7, 11) is 0. The van der Waals surface area contributed by atoms with E-state index in [0.29, 0.717) is 17.6 Å². The molecule has 0 bridgehead atoms. The molecule has 1 N–H and O–H groups in total. The van der Waals surface area contributed by atoms with Crippen molar-refractivity contribution in [2.24, 2.45) is 5.41 Å². The van der Waals surface area contributed by atoms with Gasteiger partial charge in [0.2, 0.25) is 0 Å². The van der Waals surface area contributed by atoms with E-state index >= 15 is 0 Å². The van der Waals surface area contributed by atoms with E-state index < -0.39 is 11.9 Å². The molecule has 168 valence electrons. The van der Waals surface area contributed by atoms with Crippen LogP contribution in [0.5, 0.6) is 0 Å². The molecule has 0 spiro atoms. The monoisotopic (exact) mass is 433 g/mol. The quantitative estimate of drug-likeness (QED) is 0.710. The van der Waals surface area contributed by atoms with E-state index in [2.05, 4.69) is 19.2 Å². The van der Waals surface area contributed by atoms with Gasteiger partial charge in [0.05, 0.1) is 29.5 Å². The van der Waals surface area contributed by atoms with Gasteiger partial charge in [-0.15, -0.1) is 0 Å². The summed E-state index contributed by atoms with van der Waals surface area (Å²) in [5, 5.41) is 8.18. The number of Topliss-reactive ketones (excluding diaryl/α,β-unsaturated/α-hetero) is 1. The van der Waals surface area contributed by atoms with Gasteiger partial charge in [-0.25, -0.2) is 9.48 Å². The first-order valence-corrected chi connectivity index (χ1v) is 11.2. The third-order valence-corrected chi connectivity index (χ3v) is 6.37. The van der Waals surface area contributed by atoms with Crippen LogP contribution in [0.4, 0.5) is 0 Å². The van der Waals surface area contributed by atoms with Crippen LogP contribution < -0.4 is 5.32 Å². The maximum atomic E-state index is 13.5. The lowest BCUT2D eigenvalue weighted by molar-refractivity contribution is -0.138. The highest BCUT2D eigenvalue weighted by Gasteiger charge is 2.44. The molecule has 1 aromatic carbocycles. The molecule has 0 amide bonds. The van der Waals surface area contributed by atoms with Crippen LogP contribution in [0.15, 0.2) is 52.9 Å². The molecule has 2 heterocycles. The summed E-state index contributed by atoms with van der Waals surface area (Å²) in [5.41, 5.74) is 6.26. The lowest BCUT2D eigenvalue weighted by Gasteiger charge is -2.39. The molecule has 6 heteroatoms. The maximum Gasteiger partial charge on any atom is 0.336 e. The summed E-state index contributed by atoms with van der Waals surface area (Å²) in [6, 6.07) is 9.90. The molecule has 0 fully saturated rings. The number of esters is 1. The first-order chi connectivity index (χ1) is 15.1. The summed E-state index contributed by atoms with van der Waals surface area (Å²) in [6.07, 6.45) is 1.20. The van der Waals surface area contributed by atoms with Crippen LogP contribution in [0.2, 0.25) is 0 Å². The van der Waals surface area contributed by atoms with E-state index in [9.17, 15) is 9.59 Å². The zero-order valence-corrected chi connectivity index (χ0v) is 19.7. The van der Waals surface area contributed by atoms with Crippen molar-refractivity contribution < 1.29 is 14.3 Å². The molecule has 4 rings (SSSR count). The highest BCUT2D eigenvalue weighted by molar-refractivity contribution is 6.04. The number of allylic oxidation sites excluding steroid dienone is 3. The van der Waals surface area contributed by atoms with E-state index in [1.54, 1.807) is 6.92 Å². The van der Waals surface area contributed by atoms with Gasteiger partial charge in [-0.05, 0) is 51.7 Å². The Morgan fingerprint density at radius 3 is 2.53 bits per heavy atom. The largest absolute Gasteiger partial charge is 0.463 e. The Kier molecular flexibility index (Phi) is 5.57. The second-order valence-corrected chi connectivity index (χ2v) is 9.48. The standard InChI is InChI=1S/C26H31N3O3/c1-7-32-25(31)22-15(2)27-19-13-26(5,6)14-20(30)23(19)24(22)21-16(3)28-29(17(21)4)18-11-9-8-10-12-18/h8-12,24,27H,7,13-14H2,1-6H3/t24-/m1/s1. The highest BCUT2D eigenvalue weighted by atomic mass is 16.5. The van der Waals surface area contributed by atoms with Crippen molar-refractivity contribution in [1.82, 2.24) is 15.1 Å². The first kappa shape index (κ1) is 22.1. The smallest absolute Gasteiger partial charge is 0.336 e. The van der Waals surface area contributed by atoms with E-state index in [0.717, 1.165) is 40.5 Å². The third kappa shape index (κ3) is 3.68. The van der Waals surface area contributed by atoms with Gasteiger partial charge in [0.15, 0.2) is 5.78 Å². The summed E-state index contributed by atoms with van der Waals surface area (Å²) in [4.78, 5) is 26.6. The Morgan fingerprint density at radius 2 is 1.88 bits per heavy atom. The zero-order chi connectivity index (χ0) is 23.2. The first-order valence-electron chi connectivity index (χ1n) is 11.2. The van der Waals surface area contributed by atoms with Gasteiger partial charge in [-0.3, -0.25) is 4.79 Å². The number of carbonyl (C=O) groups excluding carboxylic acids is 2. The summed E-state index contributed by atoms with van der Waals surface area (Å²) in [5.74, 6) is -0.807. The number of aryl methyl sites for hydroxylation is 1. The molecule has 6 nitrogen and oxygen atoms in total. The van der Waals surface area contributed by atoms with Crippen LogP contribution in [-0.4, -0.2) is 28.1 Å². The molecule has 0 saturated heterocycles. The Morgan fingerprint density at radius 1 is 1.19 bits per heavy atom. The van der Waals surface area contributed by atoms with E-state index in [-0.39, 0.29) is 17.8 Å². The van der Waals surface area contributed by atoms with Gasteiger partial charge in [-0.2, -0.15) is 5.10 Å². The zero-order valence-electron chi connectivity index (χ0n) is 19.7. The van der Waals surface area contributed by atoms with Crippen LogP contribution in [-0.2, 0) is 14.3 Å². The van der Waals surface area contributed by atoms with E-state index in [1.807, 2.05) is 55.8 Å². The minimum Gasteiger partial charge on any atom is -0.463 e. The molecule has 2 aromatic rings. The Hall–Kier alpha value is -3.15. The van der Waals surface area contributed by atoms with Crippen LogP contribution in [0.1, 0.15) is 63.4 Å². The topological polar surface area (TPSA) is 73.2 Å². The normalized spacial score (nSPS) is 20.2. The van der Waals surface area contributed by atoms with Crippen molar-refractivity contribution in [3.8, 4) is 5.69 Å². The van der Waals surface area contributed by atoms with Gasteiger partial charge in [0.25, 0.3) is 0 Å². The summed E-state index contributed by atoms with van der Waals surface area (Å²) >= 11 is 0. The van der Waals surface area contributed by atoms with Crippen LogP contribution >= 0.6 is 0 Å². The van der Waals surface area contributed by atoms with Gasteiger partial charge in [0, 0.05) is 34.6 Å². The highest BCUT2D eigenvalue weighted by Crippen LogP contribution is 2.48. The number of hydrogen-bond donors (Lipinski definition) is 1. The van der Waals surface area contributed by atoms with Crippen molar-refractivity contribution in [1.29, 1.82) is 0 Å². The van der Waals surface area contributed by atoms with Crippen LogP contribution in [0.25, 0.3) is 5.69 Å². The fourth-order valence-corrected chi connectivity index (χ4v) is 5.10. The third-order valence-electron chi connectivity index (χ3n) is 6.37. The number of nitrogens with zero attached hydrogens (tertiary/aromatic N) is 2. The second-order valence-electron chi connectivity index (χ2n) is 9.48. The molecule has 1 aliphatic heterocycles. The average Bonchev–Trinajstić information content (AvgIpc) is 3.00. The van der Waals surface area contributed by atoms with Gasteiger partial charge in [-0.1, -0.05) is 32.0 Å². The van der Waals surface area contributed by atoms with Gasteiger partial charge < -0.3 is 10.1 Å². The Balaban J connectivity index is 1.95. The van der Waals surface area contributed by atoms with Crippen LogP contribution in [0.3, 0.4) is 0 Å². The minimum atomic E-state index is -0.494. The predicted octanol–water partition coefficient (Wildman–Crippen LogP) is 4.66. The van der Waals surface area contributed by atoms with Crippen molar-refractivity contribution in [3.05, 3.63) is 69.8 Å². The number of dihydropyridines is 1. The molecular formula is C26H31N3O3. The molecule has 0 unspecified atom stereocenters. The maximum absolute atomic E-state index is 13.5. The number of para-hydroxylation sites is 1. The number of carbonyl (C=O) groups is 2. The average molecular weight is 434 g/mol. The number of ketones is 1.